The van der Waals surface area contributed by atoms with Crippen LogP contribution >= 0.6 is 0 Å². The minimum atomic E-state index is -0.982. The average Bonchev–Trinajstić information content (AvgIpc) is 3.23. The summed E-state index contributed by atoms with van der Waals surface area (Å²) in [6.45, 7) is 1.96. The zero-order valence-electron chi connectivity index (χ0n) is 12.4. The summed E-state index contributed by atoms with van der Waals surface area (Å²) in [4.78, 5) is 22.3. The molecule has 0 spiro atoms. The summed E-state index contributed by atoms with van der Waals surface area (Å²) in [5.41, 5.74) is 2.13. The van der Waals surface area contributed by atoms with Gasteiger partial charge in [-0.3, -0.25) is 0 Å². The first-order chi connectivity index (χ1) is 11.2. The van der Waals surface area contributed by atoms with Crippen molar-refractivity contribution in [1.29, 1.82) is 0 Å². The predicted octanol–water partition coefficient (Wildman–Crippen LogP) is 3.19. The Balaban J connectivity index is 1.81. The molecule has 6 nitrogen and oxygen atoms in total. The molecule has 0 atom stereocenters. The van der Waals surface area contributed by atoms with Gasteiger partial charge >= 0.3 is 5.97 Å². The van der Waals surface area contributed by atoms with Crippen LogP contribution in [0.5, 0.6) is 0 Å². The number of hydrogen-bond donors (Lipinski definition) is 1. The third-order valence-electron chi connectivity index (χ3n) is 4.06. The van der Waals surface area contributed by atoms with Crippen LogP contribution in [-0.4, -0.2) is 34.1 Å². The lowest BCUT2D eigenvalue weighted by molar-refractivity contribution is 0.0697. The molecule has 1 aromatic carbocycles. The number of carboxylic acid groups (broad SMARTS) is 1. The van der Waals surface area contributed by atoms with Crippen molar-refractivity contribution in [3.63, 3.8) is 0 Å². The summed E-state index contributed by atoms with van der Waals surface area (Å²) in [6, 6.07) is 8.48. The number of aromatic nitrogens is 2. The number of nitrogens with zero attached hydrogens (tertiary/aromatic N) is 3. The minimum Gasteiger partial charge on any atom is -0.478 e. The minimum absolute atomic E-state index is 0.186. The fraction of sp³-hybridized carbons (Fsp3) is 0.235. The van der Waals surface area contributed by atoms with E-state index < -0.39 is 5.97 Å². The van der Waals surface area contributed by atoms with Gasteiger partial charge in [-0.25, -0.2) is 14.8 Å². The number of aromatic carboxylic acids is 1. The molecule has 1 aliphatic heterocycles. The topological polar surface area (TPSA) is 79.5 Å². The van der Waals surface area contributed by atoms with E-state index in [1.54, 1.807) is 12.3 Å². The van der Waals surface area contributed by atoms with E-state index in [-0.39, 0.29) is 5.56 Å². The lowest BCUT2D eigenvalue weighted by Crippen LogP contribution is -2.19. The number of rotatable bonds is 3. The maximum Gasteiger partial charge on any atom is 0.335 e. The SMILES string of the molecule is O=C(O)c1ccc2nc(-c3cccnc3N3CCCC3)oc2c1. The number of carboxylic acids is 1. The predicted molar refractivity (Wildman–Crippen MR) is 85.6 cm³/mol. The zero-order valence-corrected chi connectivity index (χ0v) is 12.4. The molecule has 1 N–H and O–H groups in total. The van der Waals surface area contributed by atoms with Gasteiger partial charge in [-0.15, -0.1) is 0 Å². The van der Waals surface area contributed by atoms with Crippen molar-refractivity contribution in [2.45, 2.75) is 12.8 Å². The van der Waals surface area contributed by atoms with E-state index in [4.69, 9.17) is 9.52 Å². The Hall–Kier alpha value is -2.89. The Bertz CT molecular complexity index is 882. The lowest BCUT2D eigenvalue weighted by atomic mass is 10.2. The van der Waals surface area contributed by atoms with Gasteiger partial charge in [-0.1, -0.05) is 0 Å². The molecule has 1 fully saturated rings. The molecule has 0 unspecified atom stereocenters. The summed E-state index contributed by atoms with van der Waals surface area (Å²) < 4.78 is 5.80. The molecule has 1 saturated heterocycles. The molecule has 4 rings (SSSR count). The molecule has 2 aromatic heterocycles. The van der Waals surface area contributed by atoms with Crippen LogP contribution < -0.4 is 4.90 Å². The molecule has 0 aliphatic carbocycles. The Labute approximate surface area is 132 Å². The van der Waals surface area contributed by atoms with Crippen LogP contribution in [-0.2, 0) is 0 Å². The van der Waals surface area contributed by atoms with Crippen molar-refractivity contribution in [2.24, 2.45) is 0 Å². The van der Waals surface area contributed by atoms with Crippen LogP contribution in [0, 0.1) is 0 Å². The monoisotopic (exact) mass is 309 g/mol. The van der Waals surface area contributed by atoms with E-state index in [9.17, 15) is 4.79 Å². The number of fused-ring (bicyclic) bond motifs is 1. The van der Waals surface area contributed by atoms with Crippen LogP contribution in [0.15, 0.2) is 40.9 Å². The Morgan fingerprint density at radius 2 is 2.04 bits per heavy atom. The van der Waals surface area contributed by atoms with E-state index >= 15 is 0 Å². The second-order valence-corrected chi connectivity index (χ2v) is 5.58. The maximum absolute atomic E-state index is 11.1. The first-order valence-electron chi connectivity index (χ1n) is 7.56. The molecule has 0 radical (unpaired) electrons. The highest BCUT2D eigenvalue weighted by Gasteiger charge is 2.20. The van der Waals surface area contributed by atoms with Crippen LogP contribution in [0.1, 0.15) is 23.2 Å². The normalized spacial score (nSPS) is 14.5. The van der Waals surface area contributed by atoms with Gasteiger partial charge in [0.05, 0.1) is 11.1 Å². The van der Waals surface area contributed by atoms with Gasteiger partial charge in [0.25, 0.3) is 0 Å². The van der Waals surface area contributed by atoms with E-state index in [1.807, 2.05) is 12.1 Å². The highest BCUT2D eigenvalue weighted by Crippen LogP contribution is 2.32. The van der Waals surface area contributed by atoms with Crippen LogP contribution in [0.3, 0.4) is 0 Å². The van der Waals surface area contributed by atoms with Gasteiger partial charge in [-0.2, -0.15) is 0 Å². The third kappa shape index (κ3) is 2.42. The van der Waals surface area contributed by atoms with Crippen LogP contribution in [0.2, 0.25) is 0 Å². The standard InChI is InChI=1S/C17H15N3O3/c21-17(22)11-5-6-13-14(10-11)23-16(19-13)12-4-3-7-18-15(12)20-8-1-2-9-20/h3-7,10H,1-2,8-9H2,(H,21,22). The molecule has 23 heavy (non-hydrogen) atoms. The van der Waals surface area contributed by atoms with E-state index in [2.05, 4.69) is 14.9 Å². The smallest absolute Gasteiger partial charge is 0.335 e. The first kappa shape index (κ1) is 13.8. The summed E-state index contributed by atoms with van der Waals surface area (Å²) in [6.07, 6.45) is 4.08. The molecule has 3 heterocycles. The van der Waals surface area contributed by atoms with Crippen molar-refractivity contribution in [1.82, 2.24) is 9.97 Å². The summed E-state index contributed by atoms with van der Waals surface area (Å²) in [5.74, 6) is 0.358. The van der Waals surface area contributed by atoms with Gasteiger partial charge < -0.3 is 14.4 Å². The fourth-order valence-corrected chi connectivity index (χ4v) is 2.92. The molecule has 0 amide bonds. The van der Waals surface area contributed by atoms with Gasteiger partial charge in [-0.05, 0) is 43.2 Å². The number of oxazole rings is 1. The third-order valence-corrected chi connectivity index (χ3v) is 4.06. The van der Waals surface area contributed by atoms with Gasteiger partial charge in [0.1, 0.15) is 11.3 Å². The van der Waals surface area contributed by atoms with Crippen molar-refractivity contribution in [3.8, 4) is 11.5 Å². The largest absolute Gasteiger partial charge is 0.478 e. The fourth-order valence-electron chi connectivity index (χ4n) is 2.92. The molecule has 1 aliphatic rings. The van der Waals surface area contributed by atoms with Gasteiger partial charge in [0.2, 0.25) is 5.89 Å². The molecule has 116 valence electrons. The second-order valence-electron chi connectivity index (χ2n) is 5.58. The van der Waals surface area contributed by atoms with E-state index in [0.29, 0.717) is 17.0 Å². The highest BCUT2D eigenvalue weighted by atomic mass is 16.4. The summed E-state index contributed by atoms with van der Waals surface area (Å²) >= 11 is 0. The van der Waals surface area contributed by atoms with Crippen molar-refractivity contribution in [2.75, 3.05) is 18.0 Å². The van der Waals surface area contributed by atoms with E-state index in [1.165, 1.54) is 12.1 Å². The number of benzene rings is 1. The molecular formula is C17H15N3O3. The number of anilines is 1. The lowest BCUT2D eigenvalue weighted by Gasteiger charge is -2.18. The Kier molecular flexibility index (Phi) is 3.22. The summed E-state index contributed by atoms with van der Waals surface area (Å²) in [5, 5.41) is 9.08. The number of hydrogen-bond acceptors (Lipinski definition) is 5. The molecule has 0 saturated carbocycles. The number of pyridine rings is 1. The Morgan fingerprint density at radius 3 is 2.83 bits per heavy atom. The number of carbonyl (C=O) groups is 1. The quantitative estimate of drug-likeness (QED) is 0.800. The molecule has 6 heteroatoms. The highest BCUT2D eigenvalue weighted by molar-refractivity contribution is 5.92. The van der Waals surface area contributed by atoms with Crippen molar-refractivity contribution < 1.29 is 14.3 Å². The van der Waals surface area contributed by atoms with Crippen LogP contribution in [0.25, 0.3) is 22.6 Å². The molecule has 3 aromatic rings. The second kappa shape index (κ2) is 5.39. The maximum atomic E-state index is 11.1. The Morgan fingerprint density at radius 1 is 1.22 bits per heavy atom. The van der Waals surface area contributed by atoms with Gasteiger partial charge in [0, 0.05) is 19.3 Å². The average molecular weight is 309 g/mol. The molecule has 0 bridgehead atoms. The van der Waals surface area contributed by atoms with Crippen molar-refractivity contribution >= 4 is 22.9 Å². The van der Waals surface area contributed by atoms with Gasteiger partial charge in [0.15, 0.2) is 5.58 Å². The van der Waals surface area contributed by atoms with Crippen molar-refractivity contribution in [3.05, 3.63) is 42.1 Å². The molecular weight excluding hydrogens is 294 g/mol. The van der Waals surface area contributed by atoms with Crippen LogP contribution in [0.4, 0.5) is 5.82 Å². The first-order valence-corrected chi connectivity index (χ1v) is 7.56. The van der Waals surface area contributed by atoms with E-state index in [0.717, 1.165) is 37.3 Å². The summed E-state index contributed by atoms with van der Waals surface area (Å²) in [7, 11) is 0. The zero-order chi connectivity index (χ0) is 15.8.